The summed E-state index contributed by atoms with van der Waals surface area (Å²) >= 11 is 0. The molecule has 2 aromatic rings. The van der Waals surface area contributed by atoms with Crippen LogP contribution in [0.25, 0.3) is 5.57 Å². The van der Waals surface area contributed by atoms with Gasteiger partial charge in [-0.3, -0.25) is 0 Å². The van der Waals surface area contributed by atoms with Crippen molar-refractivity contribution < 1.29 is 0 Å². The van der Waals surface area contributed by atoms with E-state index in [-0.39, 0.29) is 0 Å². The smallest absolute Gasteiger partial charge is 0.223 e. The molecule has 0 aromatic carbocycles. The van der Waals surface area contributed by atoms with Crippen LogP contribution in [0.1, 0.15) is 31.4 Å². The van der Waals surface area contributed by atoms with E-state index in [2.05, 4.69) is 37.0 Å². The maximum atomic E-state index is 9.77. The van der Waals surface area contributed by atoms with Crippen molar-refractivity contribution in [1.82, 2.24) is 20.3 Å². The van der Waals surface area contributed by atoms with Crippen molar-refractivity contribution in [2.75, 3.05) is 10.6 Å². The van der Waals surface area contributed by atoms with Gasteiger partial charge in [-0.15, -0.1) is 0 Å². The molecule has 28 heavy (non-hydrogen) atoms. The van der Waals surface area contributed by atoms with E-state index in [1.165, 1.54) is 12.8 Å². The van der Waals surface area contributed by atoms with E-state index >= 15 is 0 Å². The second-order valence-electron chi connectivity index (χ2n) is 6.70. The fourth-order valence-electron chi connectivity index (χ4n) is 3.34. The molecule has 1 aliphatic carbocycles. The summed E-state index contributed by atoms with van der Waals surface area (Å²) in [5.74, 6) is 2.03. The lowest BCUT2D eigenvalue weighted by atomic mass is 10.1. The van der Waals surface area contributed by atoms with E-state index in [1.807, 2.05) is 36.4 Å². The highest BCUT2D eigenvalue weighted by molar-refractivity contribution is 5.79. The SMILES string of the molecule is N#C/C(=C1\C=CC=C(Nc2ccccn2)N1)c1ccnc(NC2CCCC2)n1. The first-order valence-electron chi connectivity index (χ1n) is 9.39. The van der Waals surface area contributed by atoms with Crippen molar-refractivity contribution >= 4 is 17.3 Å². The lowest BCUT2D eigenvalue weighted by Gasteiger charge is -2.18. The van der Waals surface area contributed by atoms with Crippen LogP contribution in [-0.4, -0.2) is 21.0 Å². The highest BCUT2D eigenvalue weighted by atomic mass is 15.1. The van der Waals surface area contributed by atoms with E-state index in [4.69, 9.17) is 0 Å². The zero-order valence-corrected chi connectivity index (χ0v) is 15.4. The molecule has 2 aromatic heterocycles. The van der Waals surface area contributed by atoms with Crippen LogP contribution in [0.2, 0.25) is 0 Å². The van der Waals surface area contributed by atoms with Gasteiger partial charge in [0, 0.05) is 18.4 Å². The summed E-state index contributed by atoms with van der Waals surface area (Å²) in [6.45, 7) is 0. The Labute approximate surface area is 163 Å². The number of rotatable bonds is 5. The van der Waals surface area contributed by atoms with Gasteiger partial charge in [-0.2, -0.15) is 5.26 Å². The van der Waals surface area contributed by atoms with E-state index < -0.39 is 0 Å². The summed E-state index contributed by atoms with van der Waals surface area (Å²) in [5.41, 5.74) is 1.72. The van der Waals surface area contributed by atoms with E-state index in [9.17, 15) is 5.26 Å². The van der Waals surface area contributed by atoms with Gasteiger partial charge in [0.2, 0.25) is 5.95 Å². The van der Waals surface area contributed by atoms with E-state index in [0.717, 1.165) is 24.5 Å². The number of anilines is 2. The number of hydrogen-bond acceptors (Lipinski definition) is 7. The summed E-state index contributed by atoms with van der Waals surface area (Å²) in [7, 11) is 0. The van der Waals surface area contributed by atoms with Gasteiger partial charge in [-0.05, 0) is 43.2 Å². The maximum Gasteiger partial charge on any atom is 0.223 e. The number of allylic oxidation sites excluding steroid dienone is 4. The molecule has 0 radical (unpaired) electrons. The van der Waals surface area contributed by atoms with Crippen LogP contribution in [0.4, 0.5) is 11.8 Å². The monoisotopic (exact) mass is 371 g/mol. The number of pyridine rings is 1. The molecule has 2 aliphatic rings. The van der Waals surface area contributed by atoms with Crippen LogP contribution in [0.15, 0.2) is 66.4 Å². The summed E-state index contributed by atoms with van der Waals surface area (Å²) in [6.07, 6.45) is 13.8. The molecular weight excluding hydrogens is 350 g/mol. The first-order chi connectivity index (χ1) is 13.8. The molecule has 1 aliphatic heterocycles. The van der Waals surface area contributed by atoms with Gasteiger partial charge in [-0.25, -0.2) is 15.0 Å². The molecule has 0 saturated heterocycles. The summed E-state index contributed by atoms with van der Waals surface area (Å²) < 4.78 is 0. The Morgan fingerprint density at radius 3 is 2.82 bits per heavy atom. The summed E-state index contributed by atoms with van der Waals surface area (Å²) in [5, 5.41) is 19.6. The normalized spacial score (nSPS) is 18.0. The molecule has 0 atom stereocenters. The van der Waals surface area contributed by atoms with Gasteiger partial charge in [0.1, 0.15) is 23.3 Å². The van der Waals surface area contributed by atoms with Gasteiger partial charge in [-0.1, -0.05) is 25.0 Å². The number of hydrogen-bond donors (Lipinski definition) is 3. The highest BCUT2D eigenvalue weighted by Gasteiger charge is 2.17. The van der Waals surface area contributed by atoms with Gasteiger partial charge < -0.3 is 16.0 Å². The average molecular weight is 371 g/mol. The molecule has 3 N–H and O–H groups in total. The lowest BCUT2D eigenvalue weighted by Crippen LogP contribution is -2.22. The fourth-order valence-corrected chi connectivity index (χ4v) is 3.34. The maximum absolute atomic E-state index is 9.77. The van der Waals surface area contributed by atoms with Crippen LogP contribution < -0.4 is 16.0 Å². The summed E-state index contributed by atoms with van der Waals surface area (Å²) in [6, 6.07) is 10.1. The highest BCUT2D eigenvalue weighted by Crippen LogP contribution is 2.23. The van der Waals surface area contributed by atoms with Gasteiger partial charge in [0.25, 0.3) is 0 Å². The Bertz CT molecular complexity index is 964. The largest absolute Gasteiger partial charge is 0.351 e. The molecule has 4 rings (SSSR count). The first kappa shape index (κ1) is 17.7. The summed E-state index contributed by atoms with van der Waals surface area (Å²) in [4.78, 5) is 13.1. The average Bonchev–Trinajstić information content (AvgIpc) is 3.23. The predicted molar refractivity (Wildman–Crippen MR) is 109 cm³/mol. The Balaban J connectivity index is 1.54. The molecule has 7 heteroatoms. The van der Waals surface area contributed by atoms with Gasteiger partial charge in [0.05, 0.1) is 11.4 Å². The zero-order chi connectivity index (χ0) is 19.2. The molecule has 0 unspecified atom stereocenters. The number of dihydropyridines is 1. The van der Waals surface area contributed by atoms with Crippen LogP contribution in [0, 0.1) is 11.3 Å². The zero-order valence-electron chi connectivity index (χ0n) is 15.4. The van der Waals surface area contributed by atoms with Crippen molar-refractivity contribution in [2.45, 2.75) is 31.7 Å². The molecule has 1 saturated carbocycles. The number of nitrogens with zero attached hydrogens (tertiary/aromatic N) is 4. The topological polar surface area (TPSA) is 98.5 Å². The van der Waals surface area contributed by atoms with Crippen LogP contribution in [0.3, 0.4) is 0 Å². The fraction of sp³-hybridized carbons (Fsp3) is 0.238. The quantitative estimate of drug-likeness (QED) is 0.691. The third-order valence-corrected chi connectivity index (χ3v) is 4.70. The minimum Gasteiger partial charge on any atom is -0.351 e. The molecule has 140 valence electrons. The third kappa shape index (κ3) is 4.18. The Hall–Kier alpha value is -3.66. The van der Waals surface area contributed by atoms with Crippen LogP contribution >= 0.6 is 0 Å². The third-order valence-electron chi connectivity index (χ3n) is 4.70. The van der Waals surface area contributed by atoms with E-state index in [0.29, 0.717) is 29.0 Å². The van der Waals surface area contributed by atoms with Crippen LogP contribution in [0.5, 0.6) is 0 Å². The second kappa shape index (κ2) is 8.35. The molecular formula is C21H21N7. The first-order valence-corrected chi connectivity index (χ1v) is 9.39. The van der Waals surface area contributed by atoms with Crippen molar-refractivity contribution in [3.8, 4) is 6.07 Å². The molecule has 1 fully saturated rings. The van der Waals surface area contributed by atoms with Gasteiger partial charge in [0.15, 0.2) is 0 Å². The van der Waals surface area contributed by atoms with Crippen molar-refractivity contribution in [2.24, 2.45) is 0 Å². The molecule has 0 amide bonds. The Morgan fingerprint density at radius 2 is 2.04 bits per heavy atom. The Kier molecular flexibility index (Phi) is 5.29. The molecule has 3 heterocycles. The van der Waals surface area contributed by atoms with Crippen LogP contribution in [-0.2, 0) is 0 Å². The minimum atomic E-state index is 0.415. The van der Waals surface area contributed by atoms with Gasteiger partial charge >= 0.3 is 0 Å². The second-order valence-corrected chi connectivity index (χ2v) is 6.70. The minimum absolute atomic E-state index is 0.415. The molecule has 7 nitrogen and oxygen atoms in total. The lowest BCUT2D eigenvalue weighted by molar-refractivity contribution is 0.743. The number of aromatic nitrogens is 3. The molecule has 0 spiro atoms. The van der Waals surface area contributed by atoms with Crippen molar-refractivity contribution in [3.05, 3.63) is 72.1 Å². The van der Waals surface area contributed by atoms with Crippen molar-refractivity contribution in [3.63, 3.8) is 0 Å². The molecule has 0 bridgehead atoms. The van der Waals surface area contributed by atoms with E-state index in [1.54, 1.807) is 18.5 Å². The number of nitrogens with one attached hydrogen (secondary N) is 3. The predicted octanol–water partition coefficient (Wildman–Crippen LogP) is 3.57. The standard InChI is InChI=1S/C21H21N7/c22-14-16(18-11-13-24-21(27-18)25-15-6-1-2-7-15)17-8-5-10-20(26-17)28-19-9-3-4-12-23-19/h3-5,8-13,15,26H,1-2,6-7H2,(H,23,28)(H,24,25,27)/b17-16-. The number of nitriles is 1. The van der Waals surface area contributed by atoms with Crippen molar-refractivity contribution in [1.29, 1.82) is 5.26 Å². The Morgan fingerprint density at radius 1 is 1.14 bits per heavy atom.